The van der Waals surface area contributed by atoms with E-state index in [1.165, 1.54) is 18.5 Å². The van der Waals surface area contributed by atoms with Crippen molar-refractivity contribution in [3.63, 3.8) is 0 Å². The van der Waals surface area contributed by atoms with Crippen LogP contribution in [0, 0.1) is 5.82 Å². The third-order valence-corrected chi connectivity index (χ3v) is 3.06. The highest BCUT2D eigenvalue weighted by molar-refractivity contribution is 6.31. The van der Waals surface area contributed by atoms with Gasteiger partial charge in [0, 0.05) is 16.3 Å². The summed E-state index contributed by atoms with van der Waals surface area (Å²) in [7, 11) is 0. The summed E-state index contributed by atoms with van der Waals surface area (Å²) in [6, 6.07) is 4.21. The highest BCUT2D eigenvalue weighted by Crippen LogP contribution is 2.26. The largest absolute Gasteiger partial charge is 0.340 e. The van der Waals surface area contributed by atoms with Gasteiger partial charge < -0.3 is 5.32 Å². The van der Waals surface area contributed by atoms with Crippen LogP contribution in [0.1, 0.15) is 18.9 Å². The van der Waals surface area contributed by atoms with Crippen LogP contribution in [0.4, 0.5) is 15.9 Å². The number of benzene rings is 1. The van der Waals surface area contributed by atoms with E-state index in [1.807, 2.05) is 6.92 Å². The smallest absolute Gasteiger partial charge is 0.138 e. The first kappa shape index (κ1) is 14.0. The van der Waals surface area contributed by atoms with Crippen molar-refractivity contribution in [2.45, 2.75) is 19.8 Å². The van der Waals surface area contributed by atoms with Gasteiger partial charge in [-0.05, 0) is 24.6 Å². The Kier molecular flexibility index (Phi) is 4.56. The SMILES string of the molecule is CCCc1c(Cl)ncnc1Nc1cc(F)cc(Cl)c1. The lowest BCUT2D eigenvalue weighted by atomic mass is 10.2. The first-order chi connectivity index (χ1) is 9.10. The van der Waals surface area contributed by atoms with Gasteiger partial charge in [0.2, 0.25) is 0 Å². The van der Waals surface area contributed by atoms with Crippen molar-refractivity contribution in [2.75, 3.05) is 5.32 Å². The molecule has 0 radical (unpaired) electrons. The maximum Gasteiger partial charge on any atom is 0.138 e. The highest BCUT2D eigenvalue weighted by atomic mass is 35.5. The Bertz CT molecular complexity index is 570. The van der Waals surface area contributed by atoms with Crippen molar-refractivity contribution in [3.8, 4) is 0 Å². The van der Waals surface area contributed by atoms with Crippen LogP contribution < -0.4 is 5.32 Å². The molecule has 0 saturated carbocycles. The molecule has 0 saturated heterocycles. The van der Waals surface area contributed by atoms with Crippen molar-refractivity contribution in [3.05, 3.63) is 46.1 Å². The number of rotatable bonds is 4. The molecule has 0 aliphatic heterocycles. The van der Waals surface area contributed by atoms with E-state index >= 15 is 0 Å². The van der Waals surface area contributed by atoms with Crippen LogP contribution in [0.2, 0.25) is 10.2 Å². The molecule has 2 aromatic rings. The Morgan fingerprint density at radius 2 is 2.00 bits per heavy atom. The molecule has 0 spiro atoms. The molecule has 100 valence electrons. The number of hydrogen-bond donors (Lipinski definition) is 1. The van der Waals surface area contributed by atoms with Crippen LogP contribution in [0.15, 0.2) is 24.5 Å². The average molecular weight is 300 g/mol. The number of hydrogen-bond acceptors (Lipinski definition) is 3. The van der Waals surface area contributed by atoms with Crippen molar-refractivity contribution in [1.29, 1.82) is 0 Å². The van der Waals surface area contributed by atoms with E-state index in [2.05, 4.69) is 15.3 Å². The fourth-order valence-corrected chi connectivity index (χ4v) is 2.18. The van der Waals surface area contributed by atoms with Gasteiger partial charge in [-0.1, -0.05) is 36.5 Å². The van der Waals surface area contributed by atoms with Gasteiger partial charge in [0.05, 0.1) is 0 Å². The van der Waals surface area contributed by atoms with Gasteiger partial charge in [-0.3, -0.25) is 0 Å². The fourth-order valence-electron chi connectivity index (χ4n) is 1.73. The maximum atomic E-state index is 13.3. The Morgan fingerprint density at radius 3 is 2.68 bits per heavy atom. The van der Waals surface area contributed by atoms with Crippen LogP contribution in [-0.4, -0.2) is 9.97 Å². The Morgan fingerprint density at radius 1 is 1.21 bits per heavy atom. The summed E-state index contributed by atoms with van der Waals surface area (Å²) < 4.78 is 13.3. The van der Waals surface area contributed by atoms with E-state index in [1.54, 1.807) is 6.07 Å². The van der Waals surface area contributed by atoms with E-state index in [4.69, 9.17) is 23.2 Å². The molecule has 19 heavy (non-hydrogen) atoms. The second-order valence-electron chi connectivity index (χ2n) is 4.02. The molecule has 1 aromatic heterocycles. The molecule has 0 atom stereocenters. The third-order valence-electron chi connectivity index (χ3n) is 2.52. The van der Waals surface area contributed by atoms with Gasteiger partial charge in [-0.15, -0.1) is 0 Å². The van der Waals surface area contributed by atoms with Crippen molar-refractivity contribution in [1.82, 2.24) is 9.97 Å². The summed E-state index contributed by atoms with van der Waals surface area (Å²) in [5, 5.41) is 3.74. The van der Waals surface area contributed by atoms with E-state index in [9.17, 15) is 4.39 Å². The molecule has 1 aromatic carbocycles. The van der Waals surface area contributed by atoms with Gasteiger partial charge >= 0.3 is 0 Å². The third kappa shape index (κ3) is 3.55. The standard InChI is InChI=1S/C13H12Cl2FN3/c1-2-3-11-12(15)17-7-18-13(11)19-10-5-8(14)4-9(16)6-10/h4-7H,2-3H2,1H3,(H,17,18,19). The minimum Gasteiger partial charge on any atom is -0.340 e. The Balaban J connectivity index is 2.34. The quantitative estimate of drug-likeness (QED) is 0.837. The molecule has 6 heteroatoms. The molecule has 3 nitrogen and oxygen atoms in total. The molecule has 0 amide bonds. The number of nitrogens with zero attached hydrogens (tertiary/aromatic N) is 2. The van der Waals surface area contributed by atoms with E-state index < -0.39 is 5.82 Å². The summed E-state index contributed by atoms with van der Waals surface area (Å²) >= 11 is 11.9. The summed E-state index contributed by atoms with van der Waals surface area (Å²) in [5.74, 6) is 0.163. The Labute approximate surface area is 120 Å². The molecule has 1 N–H and O–H groups in total. The Hall–Kier alpha value is -1.39. The lowest BCUT2D eigenvalue weighted by Crippen LogP contribution is -2.01. The normalized spacial score (nSPS) is 10.5. The highest BCUT2D eigenvalue weighted by Gasteiger charge is 2.10. The second kappa shape index (κ2) is 6.17. The first-order valence-electron chi connectivity index (χ1n) is 5.82. The fraction of sp³-hybridized carbons (Fsp3) is 0.231. The summed E-state index contributed by atoms with van der Waals surface area (Å²) in [5.41, 5.74) is 1.34. The van der Waals surface area contributed by atoms with Gasteiger partial charge in [-0.25, -0.2) is 14.4 Å². The van der Waals surface area contributed by atoms with Crippen LogP contribution in [0.25, 0.3) is 0 Å². The van der Waals surface area contributed by atoms with Crippen LogP contribution in [-0.2, 0) is 6.42 Å². The minimum atomic E-state index is -0.410. The van der Waals surface area contributed by atoms with Crippen molar-refractivity contribution >= 4 is 34.7 Å². The molecule has 0 unspecified atom stereocenters. The van der Waals surface area contributed by atoms with Gasteiger partial charge in [-0.2, -0.15) is 0 Å². The molecule has 0 fully saturated rings. The first-order valence-corrected chi connectivity index (χ1v) is 6.58. The summed E-state index contributed by atoms with van der Waals surface area (Å²) in [6.07, 6.45) is 3.02. The molecular formula is C13H12Cl2FN3. The summed E-state index contributed by atoms with van der Waals surface area (Å²) in [6.45, 7) is 2.03. The zero-order valence-electron chi connectivity index (χ0n) is 10.3. The topological polar surface area (TPSA) is 37.8 Å². The van der Waals surface area contributed by atoms with E-state index in [0.717, 1.165) is 18.4 Å². The minimum absolute atomic E-state index is 0.319. The van der Waals surface area contributed by atoms with Crippen LogP contribution in [0.5, 0.6) is 0 Å². The number of aromatic nitrogens is 2. The predicted octanol–water partition coefficient (Wildman–Crippen LogP) is 4.62. The zero-order valence-corrected chi connectivity index (χ0v) is 11.8. The van der Waals surface area contributed by atoms with Crippen LogP contribution >= 0.6 is 23.2 Å². The lowest BCUT2D eigenvalue weighted by Gasteiger charge is -2.11. The molecule has 0 aliphatic rings. The number of anilines is 2. The molecular weight excluding hydrogens is 288 g/mol. The maximum absolute atomic E-state index is 13.3. The van der Waals surface area contributed by atoms with Gasteiger partial charge in [0.25, 0.3) is 0 Å². The molecule has 2 rings (SSSR count). The van der Waals surface area contributed by atoms with Gasteiger partial charge in [0.15, 0.2) is 0 Å². The molecule has 1 heterocycles. The molecule has 0 bridgehead atoms. The van der Waals surface area contributed by atoms with Crippen LogP contribution in [0.3, 0.4) is 0 Å². The monoisotopic (exact) mass is 299 g/mol. The molecule has 0 aliphatic carbocycles. The second-order valence-corrected chi connectivity index (χ2v) is 4.82. The lowest BCUT2D eigenvalue weighted by molar-refractivity contribution is 0.628. The average Bonchev–Trinajstić information content (AvgIpc) is 2.32. The van der Waals surface area contributed by atoms with E-state index in [-0.39, 0.29) is 0 Å². The zero-order chi connectivity index (χ0) is 13.8. The van der Waals surface area contributed by atoms with Crippen molar-refractivity contribution < 1.29 is 4.39 Å². The summed E-state index contributed by atoms with van der Waals surface area (Å²) in [4.78, 5) is 8.09. The van der Waals surface area contributed by atoms with Crippen molar-refractivity contribution in [2.24, 2.45) is 0 Å². The number of halogens is 3. The van der Waals surface area contributed by atoms with Gasteiger partial charge in [0.1, 0.15) is 23.1 Å². The number of nitrogens with one attached hydrogen (secondary N) is 1. The van der Waals surface area contributed by atoms with E-state index in [0.29, 0.717) is 21.7 Å². The predicted molar refractivity (Wildman–Crippen MR) is 75.7 cm³/mol.